The summed E-state index contributed by atoms with van der Waals surface area (Å²) >= 11 is 5.69. The van der Waals surface area contributed by atoms with Crippen molar-refractivity contribution in [2.75, 3.05) is 0 Å². The molecule has 0 fully saturated rings. The van der Waals surface area contributed by atoms with Crippen molar-refractivity contribution in [2.45, 2.75) is 44.6 Å². The number of hydrogen-bond acceptors (Lipinski definition) is 4. The van der Waals surface area contributed by atoms with Crippen LogP contribution in [-0.2, 0) is 14.9 Å². The summed E-state index contributed by atoms with van der Waals surface area (Å²) in [5.41, 5.74) is -1.00. The first-order chi connectivity index (χ1) is 10.3. The molecule has 0 saturated carbocycles. The van der Waals surface area contributed by atoms with Gasteiger partial charge in [0.1, 0.15) is 16.7 Å². The summed E-state index contributed by atoms with van der Waals surface area (Å²) in [5, 5.41) is 0.519. The van der Waals surface area contributed by atoms with Crippen molar-refractivity contribution in [3.8, 4) is 0 Å². The van der Waals surface area contributed by atoms with Gasteiger partial charge in [-0.3, -0.25) is 4.55 Å². The van der Waals surface area contributed by atoms with Gasteiger partial charge in [-0.25, -0.2) is 9.18 Å². The average molecular weight is 368 g/mol. The van der Waals surface area contributed by atoms with E-state index in [9.17, 15) is 22.2 Å². The van der Waals surface area contributed by atoms with Crippen molar-refractivity contribution in [1.82, 2.24) is 5.32 Å². The number of alkyl carbamates (subject to hydrolysis) is 1. The van der Waals surface area contributed by atoms with E-state index in [0.29, 0.717) is 0 Å². The van der Waals surface area contributed by atoms with Gasteiger partial charge >= 0.3 is 6.09 Å². The Labute approximate surface area is 139 Å². The van der Waals surface area contributed by atoms with Crippen LogP contribution in [0.25, 0.3) is 0 Å². The maximum atomic E-state index is 14.2. The monoisotopic (exact) mass is 367 g/mol. The number of carbonyl (C=O) groups excluding carboxylic acids is 1. The lowest BCUT2D eigenvalue weighted by atomic mass is 10.0. The average Bonchev–Trinajstić information content (AvgIpc) is 2.35. The topological polar surface area (TPSA) is 92.7 Å². The predicted octanol–water partition coefficient (Wildman–Crippen LogP) is 3.32. The van der Waals surface area contributed by atoms with Gasteiger partial charge in [0.15, 0.2) is 0 Å². The van der Waals surface area contributed by atoms with E-state index in [0.717, 1.165) is 6.92 Å². The summed E-state index contributed by atoms with van der Waals surface area (Å²) in [6.45, 7) is 5.99. The highest BCUT2D eigenvalue weighted by Gasteiger charge is 2.34. The molecule has 2 N–H and O–H groups in total. The van der Waals surface area contributed by atoms with Crippen molar-refractivity contribution in [3.05, 3.63) is 34.6 Å². The molecule has 1 aromatic carbocycles. The van der Waals surface area contributed by atoms with Gasteiger partial charge in [0.05, 0.1) is 11.1 Å². The molecule has 0 spiro atoms. The zero-order chi connectivity index (χ0) is 18.0. The molecule has 23 heavy (non-hydrogen) atoms. The van der Waals surface area contributed by atoms with Crippen LogP contribution >= 0.6 is 11.6 Å². The second kappa shape index (κ2) is 7.02. The largest absolute Gasteiger partial charge is 0.444 e. The SMILES string of the molecule is C[C@@H]([C@@H](NC(=O)OC(C)(C)C)c1cccc(Cl)c1F)S(=O)(=O)O. The summed E-state index contributed by atoms with van der Waals surface area (Å²) in [6, 6.07) is 2.58. The summed E-state index contributed by atoms with van der Waals surface area (Å²) < 4.78 is 51.3. The third-order valence-electron chi connectivity index (χ3n) is 2.93. The van der Waals surface area contributed by atoms with Crippen LogP contribution in [0.3, 0.4) is 0 Å². The highest BCUT2D eigenvalue weighted by atomic mass is 35.5. The smallest absolute Gasteiger partial charge is 0.408 e. The molecule has 9 heteroatoms. The van der Waals surface area contributed by atoms with E-state index in [1.807, 2.05) is 0 Å². The number of rotatable bonds is 4. The number of ether oxygens (including phenoxy) is 1. The van der Waals surface area contributed by atoms with Gasteiger partial charge in [-0.1, -0.05) is 23.7 Å². The Balaban J connectivity index is 3.23. The molecule has 130 valence electrons. The summed E-state index contributed by atoms with van der Waals surface area (Å²) in [7, 11) is -4.55. The molecule has 0 aliphatic carbocycles. The van der Waals surface area contributed by atoms with Crippen LogP contribution in [0.5, 0.6) is 0 Å². The molecule has 1 aromatic rings. The van der Waals surface area contributed by atoms with Crippen LogP contribution in [-0.4, -0.2) is 29.9 Å². The molecule has 0 bridgehead atoms. The number of nitrogens with one attached hydrogen (secondary N) is 1. The van der Waals surface area contributed by atoms with E-state index in [1.165, 1.54) is 18.2 Å². The normalized spacial score (nSPS) is 14.9. The quantitative estimate of drug-likeness (QED) is 0.796. The number of hydrogen-bond donors (Lipinski definition) is 2. The van der Waals surface area contributed by atoms with Crippen LogP contribution in [0.2, 0.25) is 5.02 Å². The maximum Gasteiger partial charge on any atom is 0.408 e. The Hall–Kier alpha value is -1.38. The molecule has 0 radical (unpaired) electrons. The summed E-state index contributed by atoms with van der Waals surface area (Å²) in [4.78, 5) is 11.9. The molecule has 1 amide bonds. The fraction of sp³-hybridized carbons (Fsp3) is 0.500. The van der Waals surface area contributed by atoms with E-state index in [-0.39, 0.29) is 10.6 Å². The minimum atomic E-state index is -4.55. The minimum Gasteiger partial charge on any atom is -0.444 e. The lowest BCUT2D eigenvalue weighted by Gasteiger charge is -2.26. The molecule has 6 nitrogen and oxygen atoms in total. The first kappa shape index (κ1) is 19.7. The summed E-state index contributed by atoms with van der Waals surface area (Å²) in [5.74, 6) is -0.884. The molecule has 0 unspecified atom stereocenters. The Morgan fingerprint density at radius 2 is 1.96 bits per heavy atom. The Bertz CT molecular complexity index is 687. The van der Waals surface area contributed by atoms with Crippen molar-refractivity contribution >= 4 is 27.8 Å². The first-order valence-electron chi connectivity index (χ1n) is 6.72. The molecule has 0 heterocycles. The molecular weight excluding hydrogens is 349 g/mol. The number of halogens is 2. The summed E-state index contributed by atoms with van der Waals surface area (Å²) in [6.07, 6.45) is -0.947. The molecule has 0 aliphatic heterocycles. The third kappa shape index (κ3) is 5.63. The highest BCUT2D eigenvalue weighted by Crippen LogP contribution is 2.28. The van der Waals surface area contributed by atoms with Crippen LogP contribution in [0.4, 0.5) is 9.18 Å². The third-order valence-corrected chi connectivity index (χ3v) is 4.43. The molecule has 0 saturated heterocycles. The van der Waals surface area contributed by atoms with E-state index in [2.05, 4.69) is 5.32 Å². The van der Waals surface area contributed by atoms with Crippen LogP contribution < -0.4 is 5.32 Å². The number of carbonyl (C=O) groups is 1. The number of amides is 1. The molecule has 2 atom stereocenters. The number of benzene rings is 1. The maximum absolute atomic E-state index is 14.2. The standard InChI is InChI=1S/C14H19ClFNO5S/c1-8(23(19,20)21)12(17-13(18)22-14(2,3)4)9-6-5-7-10(15)11(9)16/h5-8,12H,1-4H3,(H,17,18)(H,19,20,21)/t8-,12+/m0/s1. The lowest BCUT2D eigenvalue weighted by molar-refractivity contribution is 0.0502. The fourth-order valence-electron chi connectivity index (χ4n) is 1.82. The van der Waals surface area contributed by atoms with Gasteiger partial charge in [-0.15, -0.1) is 0 Å². The molecule has 0 aromatic heterocycles. The van der Waals surface area contributed by atoms with Gasteiger partial charge in [-0.2, -0.15) is 8.42 Å². The van der Waals surface area contributed by atoms with Crippen molar-refractivity contribution < 1.29 is 26.9 Å². The predicted molar refractivity (Wildman–Crippen MR) is 84.5 cm³/mol. The van der Waals surface area contributed by atoms with E-state index < -0.39 is 38.9 Å². The van der Waals surface area contributed by atoms with Crippen molar-refractivity contribution in [2.24, 2.45) is 0 Å². The lowest BCUT2D eigenvalue weighted by Crippen LogP contribution is -2.41. The van der Waals surface area contributed by atoms with Crippen molar-refractivity contribution in [1.29, 1.82) is 0 Å². The Morgan fingerprint density at radius 3 is 2.43 bits per heavy atom. The van der Waals surface area contributed by atoms with Gasteiger partial charge in [0.25, 0.3) is 10.1 Å². The van der Waals surface area contributed by atoms with Crippen LogP contribution in [0.1, 0.15) is 39.3 Å². The highest BCUT2D eigenvalue weighted by molar-refractivity contribution is 7.86. The second-order valence-corrected chi connectivity index (χ2v) is 8.17. The zero-order valence-electron chi connectivity index (χ0n) is 13.1. The zero-order valence-corrected chi connectivity index (χ0v) is 14.7. The van der Waals surface area contributed by atoms with Gasteiger partial charge in [0, 0.05) is 5.56 Å². The van der Waals surface area contributed by atoms with Gasteiger partial charge in [0.2, 0.25) is 0 Å². The van der Waals surface area contributed by atoms with E-state index in [4.69, 9.17) is 16.3 Å². The molecule has 0 aliphatic rings. The van der Waals surface area contributed by atoms with E-state index in [1.54, 1.807) is 20.8 Å². The second-order valence-electron chi connectivity index (χ2n) is 5.99. The minimum absolute atomic E-state index is 0.173. The van der Waals surface area contributed by atoms with Gasteiger partial charge < -0.3 is 10.1 Å². The van der Waals surface area contributed by atoms with Crippen molar-refractivity contribution in [3.63, 3.8) is 0 Å². The van der Waals surface area contributed by atoms with Crippen LogP contribution in [0.15, 0.2) is 18.2 Å². The first-order valence-corrected chi connectivity index (χ1v) is 8.61. The fourth-order valence-corrected chi connectivity index (χ4v) is 2.56. The van der Waals surface area contributed by atoms with Gasteiger partial charge in [-0.05, 0) is 33.8 Å². The van der Waals surface area contributed by atoms with E-state index >= 15 is 0 Å². The van der Waals surface area contributed by atoms with Crippen LogP contribution in [0, 0.1) is 5.82 Å². The Kier molecular flexibility index (Phi) is 6.00. The Morgan fingerprint density at radius 1 is 1.39 bits per heavy atom. The molecule has 1 rings (SSSR count). The molecular formula is C14H19ClFNO5S.